The van der Waals surface area contributed by atoms with Crippen LogP contribution in [0, 0.1) is 0 Å². The van der Waals surface area contributed by atoms with E-state index in [2.05, 4.69) is 4.98 Å². The second-order valence-corrected chi connectivity index (χ2v) is 5.42. The highest BCUT2D eigenvalue weighted by molar-refractivity contribution is 6.30. The van der Waals surface area contributed by atoms with Crippen LogP contribution in [0.1, 0.15) is 17.3 Å². The molecule has 1 N–H and O–H groups in total. The van der Waals surface area contributed by atoms with Gasteiger partial charge in [-0.25, -0.2) is 9.78 Å². The fraction of sp³-hybridized carbons (Fsp3) is 0.111. The van der Waals surface area contributed by atoms with Crippen LogP contribution in [0.4, 0.5) is 0 Å². The molecule has 1 aromatic heterocycles. The number of aromatic nitrogens is 1. The molecule has 0 aliphatic rings. The Hall–Kier alpha value is -2.59. The van der Waals surface area contributed by atoms with Gasteiger partial charge in [-0.2, -0.15) is 0 Å². The third-order valence-corrected chi connectivity index (χ3v) is 3.71. The first-order valence-corrected chi connectivity index (χ1v) is 7.53. The Labute approximate surface area is 138 Å². The van der Waals surface area contributed by atoms with E-state index in [0.717, 1.165) is 10.9 Å². The molecule has 0 radical (unpaired) electrons. The molecule has 1 heterocycles. The number of hydrogen-bond acceptors (Lipinski definition) is 3. The van der Waals surface area contributed by atoms with Crippen LogP contribution in [0.15, 0.2) is 48.5 Å². The highest BCUT2D eigenvalue weighted by Crippen LogP contribution is 2.31. The number of benzene rings is 2. The molecule has 116 valence electrons. The van der Waals surface area contributed by atoms with E-state index in [9.17, 15) is 4.79 Å². The lowest BCUT2D eigenvalue weighted by Crippen LogP contribution is -1.99. The van der Waals surface area contributed by atoms with E-state index in [-0.39, 0.29) is 5.56 Å². The molecule has 0 atom stereocenters. The summed E-state index contributed by atoms with van der Waals surface area (Å²) < 4.78 is 5.69. The first kappa shape index (κ1) is 15.3. The summed E-state index contributed by atoms with van der Waals surface area (Å²) in [6.07, 6.45) is 0. The number of carbonyl (C=O) groups is 1. The zero-order chi connectivity index (χ0) is 16.4. The van der Waals surface area contributed by atoms with Crippen LogP contribution >= 0.6 is 11.6 Å². The van der Waals surface area contributed by atoms with E-state index >= 15 is 0 Å². The molecular formula is C18H14ClNO3. The molecule has 0 unspecified atom stereocenters. The molecule has 5 heteroatoms. The Balaban J connectivity index is 2.21. The molecule has 0 bridgehead atoms. The van der Waals surface area contributed by atoms with Crippen molar-refractivity contribution in [3.63, 3.8) is 0 Å². The van der Waals surface area contributed by atoms with Gasteiger partial charge in [-0.1, -0.05) is 23.7 Å². The summed E-state index contributed by atoms with van der Waals surface area (Å²) in [7, 11) is 0. The fourth-order valence-electron chi connectivity index (χ4n) is 2.37. The first-order valence-electron chi connectivity index (χ1n) is 7.15. The smallest absolute Gasteiger partial charge is 0.335 e. The summed E-state index contributed by atoms with van der Waals surface area (Å²) in [4.78, 5) is 15.7. The highest BCUT2D eigenvalue weighted by atomic mass is 35.5. The van der Waals surface area contributed by atoms with Crippen LogP contribution in [0.5, 0.6) is 5.75 Å². The molecule has 0 fully saturated rings. The Morgan fingerprint density at radius 2 is 1.91 bits per heavy atom. The highest BCUT2D eigenvalue weighted by Gasteiger charge is 2.11. The quantitative estimate of drug-likeness (QED) is 0.757. The average Bonchev–Trinajstić information content (AvgIpc) is 2.55. The second kappa shape index (κ2) is 6.26. The number of carboxylic acids is 1. The van der Waals surface area contributed by atoms with Gasteiger partial charge in [-0.05, 0) is 37.3 Å². The summed E-state index contributed by atoms with van der Waals surface area (Å²) >= 11 is 5.92. The van der Waals surface area contributed by atoms with Crippen molar-refractivity contribution < 1.29 is 14.6 Å². The lowest BCUT2D eigenvalue weighted by molar-refractivity contribution is 0.0697. The van der Waals surface area contributed by atoms with Crippen molar-refractivity contribution in [2.75, 3.05) is 6.61 Å². The van der Waals surface area contributed by atoms with E-state index in [4.69, 9.17) is 21.4 Å². The molecule has 2 aromatic carbocycles. The molecule has 3 rings (SSSR count). The topological polar surface area (TPSA) is 59.4 Å². The lowest BCUT2D eigenvalue weighted by atomic mass is 10.1. The Morgan fingerprint density at radius 3 is 2.57 bits per heavy atom. The van der Waals surface area contributed by atoms with Crippen molar-refractivity contribution in [2.24, 2.45) is 0 Å². The zero-order valence-electron chi connectivity index (χ0n) is 12.4. The van der Waals surface area contributed by atoms with E-state index in [1.807, 2.05) is 25.1 Å². The van der Waals surface area contributed by atoms with Gasteiger partial charge >= 0.3 is 5.97 Å². The average molecular weight is 328 g/mol. The van der Waals surface area contributed by atoms with Gasteiger partial charge in [0.25, 0.3) is 0 Å². The molecule has 0 spiro atoms. The minimum Gasteiger partial charge on any atom is -0.493 e. The van der Waals surface area contributed by atoms with Crippen LogP contribution in [-0.4, -0.2) is 22.7 Å². The number of nitrogens with zero attached hydrogens (tertiary/aromatic N) is 1. The summed E-state index contributed by atoms with van der Waals surface area (Å²) in [6, 6.07) is 14.0. The van der Waals surface area contributed by atoms with Crippen molar-refractivity contribution in [1.82, 2.24) is 4.98 Å². The van der Waals surface area contributed by atoms with Crippen LogP contribution in [0.25, 0.3) is 22.2 Å². The number of rotatable bonds is 4. The number of fused-ring (bicyclic) bond motifs is 1. The molecule has 0 amide bonds. The molecule has 23 heavy (non-hydrogen) atoms. The van der Waals surface area contributed by atoms with Gasteiger partial charge < -0.3 is 9.84 Å². The van der Waals surface area contributed by atoms with Crippen LogP contribution in [0.2, 0.25) is 5.02 Å². The number of pyridine rings is 1. The summed E-state index contributed by atoms with van der Waals surface area (Å²) in [5.74, 6) is -0.303. The van der Waals surface area contributed by atoms with Gasteiger partial charge in [0, 0.05) is 22.0 Å². The number of carboxylic acid groups (broad SMARTS) is 1. The number of hydrogen-bond donors (Lipinski definition) is 1. The van der Waals surface area contributed by atoms with Gasteiger partial charge in [0.1, 0.15) is 5.75 Å². The first-order chi connectivity index (χ1) is 11.1. The lowest BCUT2D eigenvalue weighted by Gasteiger charge is -2.11. The SMILES string of the molecule is CCOc1cc(-c2ccc(Cl)cc2)nc2cc(C(=O)O)ccc12. The number of aromatic carboxylic acids is 1. The van der Waals surface area contributed by atoms with E-state index in [1.165, 1.54) is 0 Å². The van der Waals surface area contributed by atoms with Crippen molar-refractivity contribution in [2.45, 2.75) is 6.92 Å². The molecule has 0 saturated carbocycles. The van der Waals surface area contributed by atoms with Crippen molar-refractivity contribution in [3.8, 4) is 17.0 Å². The predicted molar refractivity (Wildman–Crippen MR) is 90.3 cm³/mol. The minimum atomic E-state index is -0.983. The molecule has 0 aliphatic heterocycles. The van der Waals surface area contributed by atoms with Gasteiger partial charge in [0.2, 0.25) is 0 Å². The number of ether oxygens (including phenoxy) is 1. The Bertz CT molecular complexity index is 875. The fourth-order valence-corrected chi connectivity index (χ4v) is 2.50. The van der Waals surface area contributed by atoms with Gasteiger partial charge in [-0.15, -0.1) is 0 Å². The van der Waals surface area contributed by atoms with Gasteiger partial charge in [0.05, 0.1) is 23.4 Å². The van der Waals surface area contributed by atoms with Crippen LogP contribution in [-0.2, 0) is 0 Å². The maximum atomic E-state index is 11.2. The third-order valence-electron chi connectivity index (χ3n) is 3.46. The van der Waals surface area contributed by atoms with Crippen molar-refractivity contribution in [1.29, 1.82) is 0 Å². The summed E-state index contributed by atoms with van der Waals surface area (Å²) in [6.45, 7) is 2.42. The molecule has 3 aromatic rings. The van der Waals surface area contributed by atoms with Gasteiger partial charge in [0.15, 0.2) is 0 Å². The Morgan fingerprint density at radius 1 is 1.17 bits per heavy atom. The zero-order valence-corrected chi connectivity index (χ0v) is 13.2. The predicted octanol–water partition coefficient (Wildman–Crippen LogP) is 4.65. The maximum Gasteiger partial charge on any atom is 0.335 e. The van der Waals surface area contributed by atoms with E-state index < -0.39 is 5.97 Å². The van der Waals surface area contributed by atoms with E-state index in [1.54, 1.807) is 30.3 Å². The maximum absolute atomic E-state index is 11.2. The second-order valence-electron chi connectivity index (χ2n) is 4.98. The molecular weight excluding hydrogens is 314 g/mol. The van der Waals surface area contributed by atoms with E-state index in [0.29, 0.717) is 28.6 Å². The third kappa shape index (κ3) is 3.12. The monoisotopic (exact) mass is 327 g/mol. The molecule has 4 nitrogen and oxygen atoms in total. The minimum absolute atomic E-state index is 0.195. The number of halogens is 1. The summed E-state index contributed by atoms with van der Waals surface area (Å²) in [5, 5.41) is 10.6. The molecule has 0 aliphatic carbocycles. The Kier molecular flexibility index (Phi) is 4.17. The van der Waals surface area contributed by atoms with Gasteiger partial charge in [-0.3, -0.25) is 0 Å². The van der Waals surface area contributed by atoms with Crippen LogP contribution < -0.4 is 4.74 Å². The molecule has 0 saturated heterocycles. The van der Waals surface area contributed by atoms with Crippen LogP contribution in [0.3, 0.4) is 0 Å². The standard InChI is InChI=1S/C18H14ClNO3/c1-2-23-17-10-15(11-3-6-13(19)7-4-11)20-16-9-12(18(21)22)5-8-14(16)17/h3-10H,2H2,1H3,(H,21,22). The van der Waals surface area contributed by atoms with Crippen molar-refractivity contribution >= 4 is 28.5 Å². The largest absolute Gasteiger partial charge is 0.493 e. The summed E-state index contributed by atoms with van der Waals surface area (Å²) in [5.41, 5.74) is 2.37. The van der Waals surface area contributed by atoms with Crippen molar-refractivity contribution in [3.05, 3.63) is 59.1 Å². The normalized spacial score (nSPS) is 10.7.